The molecule has 1 aliphatic rings. The number of anilines is 1. The molecule has 8 heteroatoms. The van der Waals surface area contributed by atoms with Gasteiger partial charge < -0.3 is 10.6 Å². The molecule has 1 fully saturated rings. The molecule has 2 aromatic carbocycles. The van der Waals surface area contributed by atoms with E-state index in [2.05, 4.69) is 4.90 Å². The van der Waals surface area contributed by atoms with Crippen LogP contribution in [0.15, 0.2) is 42.5 Å². The molecule has 26 heavy (non-hydrogen) atoms. The maximum Gasteiger partial charge on any atom is 0.254 e. The highest BCUT2D eigenvalue weighted by molar-refractivity contribution is 6.31. The van der Waals surface area contributed by atoms with Crippen LogP contribution in [0.5, 0.6) is 0 Å². The van der Waals surface area contributed by atoms with E-state index in [4.69, 9.17) is 17.3 Å². The lowest BCUT2D eigenvalue weighted by Gasteiger charge is -2.35. The summed E-state index contributed by atoms with van der Waals surface area (Å²) in [5.41, 5.74) is 7.84. The maximum absolute atomic E-state index is 13.1. The van der Waals surface area contributed by atoms with Crippen LogP contribution < -0.4 is 5.73 Å². The van der Waals surface area contributed by atoms with Crippen LogP contribution in [0.4, 0.5) is 10.1 Å². The number of benzene rings is 2. The van der Waals surface area contributed by atoms with Gasteiger partial charge in [-0.25, -0.2) is 4.39 Å². The van der Waals surface area contributed by atoms with Gasteiger partial charge in [0.15, 0.2) is 0 Å². The zero-order valence-corrected chi connectivity index (χ0v) is 16.4. The third-order valence-electron chi connectivity index (χ3n) is 4.20. The number of amides is 1. The minimum atomic E-state index is -0.332. The second-order valence-electron chi connectivity index (χ2n) is 5.93. The van der Waals surface area contributed by atoms with Gasteiger partial charge in [0.05, 0.1) is 0 Å². The predicted octanol–water partition coefficient (Wildman–Crippen LogP) is 3.86. The van der Waals surface area contributed by atoms with Crippen LogP contribution in [0.25, 0.3) is 0 Å². The van der Waals surface area contributed by atoms with E-state index in [1.807, 2.05) is 4.90 Å². The van der Waals surface area contributed by atoms with Gasteiger partial charge in [-0.2, -0.15) is 0 Å². The maximum atomic E-state index is 13.1. The largest absolute Gasteiger partial charge is 0.399 e. The molecule has 142 valence electrons. The molecule has 0 atom stereocenters. The summed E-state index contributed by atoms with van der Waals surface area (Å²) in [5.74, 6) is -0.330. The quantitative estimate of drug-likeness (QED) is 0.767. The number of nitrogen functional groups attached to an aromatic ring is 1. The third kappa shape index (κ3) is 5.48. The van der Waals surface area contributed by atoms with Crippen LogP contribution in [0.1, 0.15) is 15.9 Å². The smallest absolute Gasteiger partial charge is 0.254 e. The highest BCUT2D eigenvalue weighted by Crippen LogP contribution is 2.20. The van der Waals surface area contributed by atoms with Gasteiger partial charge in [0.1, 0.15) is 5.82 Å². The molecule has 2 aromatic rings. The number of hydrogen-bond donors (Lipinski definition) is 1. The molecule has 3 rings (SSSR count). The van der Waals surface area contributed by atoms with E-state index in [-0.39, 0.29) is 36.5 Å². The topological polar surface area (TPSA) is 49.6 Å². The number of halogens is 4. The van der Waals surface area contributed by atoms with Crippen LogP contribution in [-0.4, -0.2) is 41.9 Å². The van der Waals surface area contributed by atoms with Crippen LogP contribution >= 0.6 is 36.4 Å². The number of nitrogens with zero attached hydrogens (tertiary/aromatic N) is 2. The average Bonchev–Trinajstić information content (AvgIpc) is 2.57. The zero-order chi connectivity index (χ0) is 17.1. The Balaban J connectivity index is 0.00000169. The zero-order valence-electron chi connectivity index (χ0n) is 14.0. The van der Waals surface area contributed by atoms with Gasteiger partial charge in [0, 0.05) is 49.0 Å². The van der Waals surface area contributed by atoms with E-state index in [1.54, 1.807) is 30.3 Å². The molecule has 0 bridgehead atoms. The van der Waals surface area contributed by atoms with Crippen molar-refractivity contribution in [3.63, 3.8) is 0 Å². The van der Waals surface area contributed by atoms with Crippen molar-refractivity contribution in [2.45, 2.75) is 6.54 Å². The van der Waals surface area contributed by atoms with E-state index >= 15 is 0 Å². The standard InChI is InChI=1S/C18H19ClFN3O.2ClH/c19-17-11-15(20)5-4-14(17)12-22-6-8-23(9-7-22)18(24)13-2-1-3-16(21)10-13;;/h1-5,10-11H,6-9,12,21H2;2*1H. The lowest BCUT2D eigenvalue weighted by molar-refractivity contribution is 0.0628. The second-order valence-corrected chi connectivity index (χ2v) is 6.34. The van der Waals surface area contributed by atoms with Crippen molar-refractivity contribution in [2.75, 3.05) is 31.9 Å². The van der Waals surface area contributed by atoms with Gasteiger partial charge in [-0.1, -0.05) is 23.7 Å². The van der Waals surface area contributed by atoms with Crippen LogP contribution in [0, 0.1) is 5.82 Å². The SMILES string of the molecule is Cl.Cl.Nc1cccc(C(=O)N2CCN(Cc3ccc(F)cc3Cl)CC2)c1. The average molecular weight is 421 g/mol. The van der Waals surface area contributed by atoms with Crippen molar-refractivity contribution >= 4 is 48.0 Å². The lowest BCUT2D eigenvalue weighted by Crippen LogP contribution is -2.48. The molecule has 0 unspecified atom stereocenters. The molecule has 1 heterocycles. The highest BCUT2D eigenvalue weighted by Gasteiger charge is 2.22. The third-order valence-corrected chi connectivity index (χ3v) is 4.55. The van der Waals surface area contributed by atoms with Gasteiger partial charge in [0.25, 0.3) is 5.91 Å². The number of nitrogens with two attached hydrogens (primary N) is 1. The minimum Gasteiger partial charge on any atom is -0.399 e. The van der Waals surface area contributed by atoms with Crippen molar-refractivity contribution in [3.8, 4) is 0 Å². The Morgan fingerprint density at radius 1 is 1.08 bits per heavy atom. The van der Waals surface area contributed by atoms with E-state index in [0.717, 1.165) is 18.7 Å². The van der Waals surface area contributed by atoms with Crippen molar-refractivity contribution in [2.24, 2.45) is 0 Å². The summed E-state index contributed by atoms with van der Waals surface area (Å²) in [4.78, 5) is 16.5. The Kier molecular flexibility index (Phi) is 8.63. The fraction of sp³-hybridized carbons (Fsp3) is 0.278. The van der Waals surface area contributed by atoms with E-state index < -0.39 is 0 Å². The molecular formula is C18H21Cl3FN3O. The van der Waals surface area contributed by atoms with Crippen molar-refractivity contribution in [3.05, 3.63) is 64.4 Å². The molecule has 4 nitrogen and oxygen atoms in total. The normalized spacial score (nSPS) is 14.3. The van der Waals surface area contributed by atoms with Gasteiger partial charge in [0.2, 0.25) is 0 Å². The van der Waals surface area contributed by atoms with E-state index in [0.29, 0.717) is 35.9 Å². The van der Waals surface area contributed by atoms with Crippen LogP contribution in [-0.2, 0) is 6.54 Å². The molecule has 2 N–H and O–H groups in total. The minimum absolute atomic E-state index is 0. The Morgan fingerprint density at radius 3 is 2.38 bits per heavy atom. The van der Waals surface area contributed by atoms with E-state index in [1.165, 1.54) is 12.1 Å². The number of rotatable bonds is 3. The fourth-order valence-corrected chi connectivity index (χ4v) is 3.08. The molecule has 0 radical (unpaired) electrons. The van der Waals surface area contributed by atoms with Crippen molar-refractivity contribution in [1.82, 2.24) is 9.80 Å². The summed E-state index contributed by atoms with van der Waals surface area (Å²) in [6.07, 6.45) is 0. The summed E-state index contributed by atoms with van der Waals surface area (Å²) in [6, 6.07) is 11.5. The Morgan fingerprint density at radius 2 is 1.77 bits per heavy atom. The number of piperazine rings is 1. The molecule has 1 amide bonds. The predicted molar refractivity (Wildman–Crippen MR) is 108 cm³/mol. The molecule has 0 aliphatic carbocycles. The van der Waals surface area contributed by atoms with Crippen molar-refractivity contribution in [1.29, 1.82) is 0 Å². The summed E-state index contributed by atoms with van der Waals surface area (Å²) in [5, 5.41) is 0.438. The summed E-state index contributed by atoms with van der Waals surface area (Å²) >= 11 is 6.08. The van der Waals surface area contributed by atoms with Gasteiger partial charge in [-0.05, 0) is 35.9 Å². The number of carbonyl (C=O) groups excluding carboxylic acids is 1. The highest BCUT2D eigenvalue weighted by atomic mass is 35.5. The summed E-state index contributed by atoms with van der Waals surface area (Å²) in [7, 11) is 0. The Hall–Kier alpha value is -1.53. The first-order chi connectivity index (χ1) is 11.5. The molecule has 1 saturated heterocycles. The Labute approximate surface area is 169 Å². The molecule has 0 aromatic heterocycles. The second kappa shape index (κ2) is 9.97. The van der Waals surface area contributed by atoms with Crippen LogP contribution in [0.3, 0.4) is 0 Å². The molecular weight excluding hydrogens is 400 g/mol. The number of hydrogen-bond acceptors (Lipinski definition) is 3. The first-order valence-corrected chi connectivity index (χ1v) is 8.22. The van der Waals surface area contributed by atoms with Gasteiger partial charge in [-0.3, -0.25) is 9.69 Å². The first kappa shape index (κ1) is 22.5. The van der Waals surface area contributed by atoms with Crippen molar-refractivity contribution < 1.29 is 9.18 Å². The molecule has 0 spiro atoms. The Bertz CT molecular complexity index is 752. The summed E-state index contributed by atoms with van der Waals surface area (Å²) < 4.78 is 13.1. The van der Waals surface area contributed by atoms with Gasteiger partial charge in [-0.15, -0.1) is 24.8 Å². The van der Waals surface area contributed by atoms with Gasteiger partial charge >= 0.3 is 0 Å². The van der Waals surface area contributed by atoms with Crippen LogP contribution in [0.2, 0.25) is 5.02 Å². The summed E-state index contributed by atoms with van der Waals surface area (Å²) in [6.45, 7) is 3.45. The van der Waals surface area contributed by atoms with E-state index in [9.17, 15) is 9.18 Å². The fourth-order valence-electron chi connectivity index (χ4n) is 2.85. The molecule has 0 saturated carbocycles. The number of carbonyl (C=O) groups is 1. The monoisotopic (exact) mass is 419 g/mol. The first-order valence-electron chi connectivity index (χ1n) is 7.84. The molecule has 1 aliphatic heterocycles. The lowest BCUT2D eigenvalue weighted by atomic mass is 10.1.